The van der Waals surface area contributed by atoms with E-state index in [1.54, 1.807) is 17.7 Å². The number of nitrogens with zero attached hydrogens (tertiary/aromatic N) is 2. The van der Waals surface area contributed by atoms with Crippen LogP contribution >= 0.6 is 11.8 Å². The minimum Gasteiger partial charge on any atom is -0.373 e. The van der Waals surface area contributed by atoms with E-state index in [1.165, 1.54) is 43.1 Å². The van der Waals surface area contributed by atoms with Gasteiger partial charge in [0.1, 0.15) is 11.5 Å². The van der Waals surface area contributed by atoms with Crippen molar-refractivity contribution >= 4 is 23.5 Å². The molecule has 1 amide bonds. The van der Waals surface area contributed by atoms with E-state index in [4.69, 9.17) is 0 Å². The van der Waals surface area contributed by atoms with Crippen molar-refractivity contribution in [3.63, 3.8) is 0 Å². The molecule has 2 aliphatic rings. The van der Waals surface area contributed by atoms with Gasteiger partial charge < -0.3 is 15.2 Å². The van der Waals surface area contributed by atoms with E-state index in [1.807, 2.05) is 17.8 Å². The quantitative estimate of drug-likeness (QED) is 0.444. The highest BCUT2D eigenvalue weighted by Crippen LogP contribution is 2.34. The SMILES string of the molecule is CNc1ccc(C(F)(F)F)cn1.O=C1NCCn2c1cc(-c1ccc(SC3CCCCC3)cc1)cc2=O. The lowest BCUT2D eigenvalue weighted by atomic mass is 10.0. The lowest BCUT2D eigenvalue weighted by molar-refractivity contribution is -0.137. The molecule has 2 N–H and O–H groups in total. The third kappa shape index (κ3) is 6.94. The number of carbonyl (C=O) groups is 1. The Hall–Kier alpha value is -3.27. The Labute approximate surface area is 217 Å². The molecule has 1 aliphatic carbocycles. The standard InChI is InChI=1S/C20H22N2O2S.C7H7F3N2/c23-19-13-15(12-18-20(24)21-10-11-22(18)19)14-6-8-17(9-7-14)25-16-4-2-1-3-5-16;1-11-6-3-2-5(4-12-6)7(8,9)10/h6-9,12-13,16H,1-5,10-11H2,(H,21,24);2-4H,1H3,(H,11,12). The Morgan fingerprint density at radius 2 is 1.73 bits per heavy atom. The molecular weight excluding hydrogens is 501 g/mol. The van der Waals surface area contributed by atoms with Crippen molar-refractivity contribution in [3.05, 3.63) is 76.3 Å². The predicted octanol–water partition coefficient (Wildman–Crippen LogP) is 5.83. The van der Waals surface area contributed by atoms with Crippen LogP contribution in [0.15, 0.2) is 64.4 Å². The topological polar surface area (TPSA) is 76.0 Å². The van der Waals surface area contributed by atoms with Crippen molar-refractivity contribution in [1.29, 1.82) is 0 Å². The summed E-state index contributed by atoms with van der Waals surface area (Å²) >= 11 is 1.96. The first-order valence-corrected chi connectivity index (χ1v) is 13.1. The van der Waals surface area contributed by atoms with Gasteiger partial charge in [-0.25, -0.2) is 4.98 Å². The van der Waals surface area contributed by atoms with Crippen LogP contribution in [0.1, 0.15) is 48.2 Å². The van der Waals surface area contributed by atoms with Crippen molar-refractivity contribution in [2.45, 2.75) is 55.0 Å². The van der Waals surface area contributed by atoms with Gasteiger partial charge in [0.25, 0.3) is 11.5 Å². The number of halogens is 3. The van der Waals surface area contributed by atoms with E-state index in [-0.39, 0.29) is 11.5 Å². The molecule has 5 rings (SSSR count). The van der Waals surface area contributed by atoms with Gasteiger partial charge in [0.15, 0.2) is 0 Å². The predicted molar refractivity (Wildman–Crippen MR) is 140 cm³/mol. The molecule has 0 spiro atoms. The van der Waals surface area contributed by atoms with Crippen LogP contribution in [0.2, 0.25) is 0 Å². The van der Waals surface area contributed by atoms with Crippen LogP contribution in [0, 0.1) is 0 Å². The van der Waals surface area contributed by atoms with E-state index < -0.39 is 11.7 Å². The van der Waals surface area contributed by atoms with Gasteiger partial charge in [-0.15, -0.1) is 11.8 Å². The van der Waals surface area contributed by atoms with Crippen molar-refractivity contribution in [2.75, 3.05) is 18.9 Å². The van der Waals surface area contributed by atoms with E-state index in [9.17, 15) is 22.8 Å². The van der Waals surface area contributed by atoms with Crippen molar-refractivity contribution < 1.29 is 18.0 Å². The van der Waals surface area contributed by atoms with Gasteiger partial charge in [-0.3, -0.25) is 9.59 Å². The molecule has 37 heavy (non-hydrogen) atoms. The number of amides is 1. The Balaban J connectivity index is 0.000000225. The monoisotopic (exact) mass is 530 g/mol. The number of pyridine rings is 2. The van der Waals surface area contributed by atoms with E-state index in [0.29, 0.717) is 24.6 Å². The summed E-state index contributed by atoms with van der Waals surface area (Å²) in [6.07, 6.45) is 3.17. The molecule has 1 fully saturated rings. The van der Waals surface area contributed by atoms with E-state index in [2.05, 4.69) is 39.9 Å². The number of fused-ring (bicyclic) bond motifs is 1. The number of alkyl halides is 3. The van der Waals surface area contributed by atoms with Gasteiger partial charge in [0.2, 0.25) is 0 Å². The van der Waals surface area contributed by atoms with Crippen molar-refractivity contribution in [1.82, 2.24) is 14.9 Å². The fourth-order valence-corrected chi connectivity index (χ4v) is 5.61. The van der Waals surface area contributed by atoms with Crippen molar-refractivity contribution in [3.8, 4) is 11.1 Å². The molecule has 0 saturated heterocycles. The summed E-state index contributed by atoms with van der Waals surface area (Å²) in [4.78, 5) is 29.1. The smallest absolute Gasteiger partial charge is 0.373 e. The highest BCUT2D eigenvalue weighted by atomic mass is 32.2. The first-order chi connectivity index (χ1) is 17.7. The van der Waals surface area contributed by atoms with Gasteiger partial charge in [0, 0.05) is 42.5 Å². The maximum absolute atomic E-state index is 12.3. The zero-order valence-electron chi connectivity index (χ0n) is 20.5. The zero-order valence-corrected chi connectivity index (χ0v) is 21.3. The minimum absolute atomic E-state index is 0.108. The number of hydrogen-bond acceptors (Lipinski definition) is 5. The highest BCUT2D eigenvalue weighted by Gasteiger charge is 2.30. The Morgan fingerprint density at radius 3 is 2.35 bits per heavy atom. The van der Waals surface area contributed by atoms with Crippen LogP contribution in [-0.4, -0.2) is 34.3 Å². The molecular formula is C27H29F3N4O2S. The molecule has 196 valence electrons. The molecule has 1 saturated carbocycles. The summed E-state index contributed by atoms with van der Waals surface area (Å²) in [5.41, 5.74) is 1.40. The molecule has 0 radical (unpaired) electrons. The highest BCUT2D eigenvalue weighted by molar-refractivity contribution is 8.00. The number of nitrogens with one attached hydrogen (secondary N) is 2. The molecule has 1 aliphatic heterocycles. The molecule has 2 aromatic heterocycles. The third-order valence-electron chi connectivity index (χ3n) is 6.37. The average Bonchev–Trinajstić information content (AvgIpc) is 2.90. The number of thioether (sulfide) groups is 1. The molecule has 3 heterocycles. The first kappa shape index (κ1) is 26.8. The van der Waals surface area contributed by atoms with Gasteiger partial charge in [-0.1, -0.05) is 31.4 Å². The lowest BCUT2D eigenvalue weighted by Crippen LogP contribution is -2.40. The fourth-order valence-electron chi connectivity index (χ4n) is 4.36. The largest absolute Gasteiger partial charge is 0.417 e. The molecule has 6 nitrogen and oxygen atoms in total. The number of anilines is 1. The summed E-state index contributed by atoms with van der Waals surface area (Å²) < 4.78 is 37.4. The van der Waals surface area contributed by atoms with Crippen LogP contribution in [0.25, 0.3) is 11.1 Å². The summed E-state index contributed by atoms with van der Waals surface area (Å²) in [5.74, 6) is 0.248. The number of aromatic nitrogens is 2. The maximum atomic E-state index is 12.3. The second kappa shape index (κ2) is 11.9. The summed E-state index contributed by atoms with van der Waals surface area (Å²) in [6, 6.07) is 14.1. The average molecular weight is 531 g/mol. The van der Waals surface area contributed by atoms with Crippen molar-refractivity contribution in [2.24, 2.45) is 0 Å². The Kier molecular flexibility index (Phi) is 8.58. The first-order valence-electron chi connectivity index (χ1n) is 12.3. The molecule has 0 bridgehead atoms. The number of rotatable bonds is 4. The summed E-state index contributed by atoms with van der Waals surface area (Å²) in [6.45, 7) is 1.05. The molecule has 0 atom stereocenters. The van der Waals surface area contributed by atoms with Crippen LogP contribution < -0.4 is 16.2 Å². The number of hydrogen-bond donors (Lipinski definition) is 2. The molecule has 0 unspecified atom stereocenters. The van der Waals surface area contributed by atoms with Gasteiger partial charge >= 0.3 is 6.18 Å². The Bertz CT molecular complexity index is 1270. The van der Waals surface area contributed by atoms with Crippen LogP contribution in [0.4, 0.5) is 19.0 Å². The summed E-state index contributed by atoms with van der Waals surface area (Å²) in [7, 11) is 1.59. The zero-order chi connectivity index (χ0) is 26.4. The Morgan fingerprint density at radius 1 is 1.00 bits per heavy atom. The third-order valence-corrected chi connectivity index (χ3v) is 7.72. The number of benzene rings is 1. The van der Waals surface area contributed by atoms with Crippen LogP contribution in [0.5, 0.6) is 0 Å². The van der Waals surface area contributed by atoms with Gasteiger partial charge in [0.05, 0.1) is 5.56 Å². The normalized spacial score (nSPS) is 15.7. The number of carbonyl (C=O) groups excluding carboxylic acids is 1. The van der Waals surface area contributed by atoms with E-state index in [0.717, 1.165) is 28.6 Å². The maximum Gasteiger partial charge on any atom is 0.417 e. The minimum atomic E-state index is -4.31. The van der Waals surface area contributed by atoms with Gasteiger partial charge in [-0.2, -0.15) is 13.2 Å². The van der Waals surface area contributed by atoms with Gasteiger partial charge in [-0.05, 0) is 54.3 Å². The summed E-state index contributed by atoms with van der Waals surface area (Å²) in [5, 5.41) is 6.16. The molecule has 10 heteroatoms. The lowest BCUT2D eigenvalue weighted by Gasteiger charge is -2.21. The second-order valence-corrected chi connectivity index (χ2v) is 10.3. The van der Waals surface area contributed by atoms with Crippen LogP contribution in [0.3, 0.4) is 0 Å². The fraction of sp³-hybridized carbons (Fsp3) is 0.370. The second-order valence-electron chi connectivity index (χ2n) is 8.96. The molecule has 1 aromatic carbocycles. The van der Waals surface area contributed by atoms with Crippen LogP contribution in [-0.2, 0) is 12.7 Å². The van der Waals surface area contributed by atoms with E-state index >= 15 is 0 Å². The molecule has 3 aromatic rings.